The minimum Gasteiger partial charge on any atom is -0.495 e. The quantitative estimate of drug-likeness (QED) is 0.367. The van der Waals surface area contributed by atoms with Gasteiger partial charge in [0.2, 0.25) is 0 Å². The van der Waals surface area contributed by atoms with Crippen LogP contribution >= 0.6 is 23.2 Å². The zero-order valence-electron chi connectivity index (χ0n) is 16.0. The van der Waals surface area contributed by atoms with Crippen LogP contribution in [0.1, 0.15) is 22.4 Å². The van der Waals surface area contributed by atoms with Gasteiger partial charge in [-0.2, -0.15) is 5.26 Å². The van der Waals surface area contributed by atoms with Crippen LogP contribution in [0.3, 0.4) is 0 Å². The van der Waals surface area contributed by atoms with Crippen molar-refractivity contribution >= 4 is 34.1 Å². The largest absolute Gasteiger partial charge is 0.495 e. The van der Waals surface area contributed by atoms with Gasteiger partial charge in [0, 0.05) is 28.2 Å². The molecule has 3 aromatic carbocycles. The van der Waals surface area contributed by atoms with Gasteiger partial charge in [0.05, 0.1) is 29.3 Å². The number of hydrogen-bond acceptors (Lipinski definition) is 2. The molecule has 0 aliphatic rings. The standard InChI is InChI=1S/C24H18Cl2N2O/c1-15-10-16(14-27)11-22-19(15)12-18(28(22)17-6-4-3-5-7-17)13-20-21(25)8-9-23(29-2)24(20)26/h3-12H,13H2,1-2H3. The first kappa shape index (κ1) is 19.4. The number of aryl methyl sites for hydroxylation is 1. The van der Waals surface area contributed by atoms with E-state index in [1.165, 1.54) is 0 Å². The Bertz CT molecular complexity index is 1250. The van der Waals surface area contributed by atoms with Crippen LogP contribution in [0.4, 0.5) is 0 Å². The molecular formula is C24H18Cl2N2O. The van der Waals surface area contributed by atoms with Gasteiger partial charge in [-0.15, -0.1) is 0 Å². The predicted octanol–water partition coefficient (Wildman–Crippen LogP) is 6.72. The van der Waals surface area contributed by atoms with E-state index in [0.717, 1.165) is 33.4 Å². The lowest BCUT2D eigenvalue weighted by Crippen LogP contribution is -2.02. The fourth-order valence-corrected chi connectivity index (χ4v) is 4.27. The maximum Gasteiger partial charge on any atom is 0.137 e. The van der Waals surface area contributed by atoms with Crippen molar-refractivity contribution in [2.75, 3.05) is 7.11 Å². The fourth-order valence-electron chi connectivity index (χ4n) is 3.69. The van der Waals surface area contributed by atoms with Crippen molar-refractivity contribution in [1.29, 1.82) is 5.26 Å². The molecule has 4 rings (SSSR count). The first-order valence-corrected chi connectivity index (χ1v) is 9.90. The minimum absolute atomic E-state index is 0.513. The molecule has 0 unspecified atom stereocenters. The van der Waals surface area contributed by atoms with Crippen molar-refractivity contribution < 1.29 is 4.74 Å². The number of hydrogen-bond donors (Lipinski definition) is 0. The summed E-state index contributed by atoms with van der Waals surface area (Å²) in [6, 6.07) is 21.9. The van der Waals surface area contributed by atoms with Gasteiger partial charge in [-0.3, -0.25) is 0 Å². The van der Waals surface area contributed by atoms with Crippen molar-refractivity contribution in [2.24, 2.45) is 0 Å². The van der Waals surface area contributed by atoms with Crippen molar-refractivity contribution in [3.05, 3.63) is 93.1 Å². The number of benzene rings is 3. The number of halogens is 2. The molecule has 0 amide bonds. The van der Waals surface area contributed by atoms with Crippen LogP contribution < -0.4 is 4.74 Å². The second-order valence-corrected chi connectivity index (χ2v) is 7.65. The van der Waals surface area contributed by atoms with Crippen LogP contribution in [-0.4, -0.2) is 11.7 Å². The Kier molecular flexibility index (Phi) is 5.24. The van der Waals surface area contributed by atoms with Crippen LogP contribution in [0.5, 0.6) is 5.75 Å². The molecule has 0 spiro atoms. The zero-order chi connectivity index (χ0) is 20.5. The SMILES string of the molecule is COc1ccc(Cl)c(Cc2cc3c(C)cc(C#N)cc3n2-c2ccccc2)c1Cl. The minimum atomic E-state index is 0.513. The van der Waals surface area contributed by atoms with Gasteiger partial charge in [0.15, 0.2) is 0 Å². The van der Waals surface area contributed by atoms with Crippen molar-refractivity contribution in [1.82, 2.24) is 4.57 Å². The van der Waals surface area contributed by atoms with Crippen molar-refractivity contribution in [3.8, 4) is 17.5 Å². The Morgan fingerprint density at radius 2 is 1.79 bits per heavy atom. The molecule has 0 aliphatic carbocycles. The number of ether oxygens (including phenoxy) is 1. The van der Waals surface area contributed by atoms with Gasteiger partial charge in [0.25, 0.3) is 0 Å². The summed E-state index contributed by atoms with van der Waals surface area (Å²) < 4.78 is 7.53. The van der Waals surface area contributed by atoms with Crippen LogP contribution in [-0.2, 0) is 6.42 Å². The number of nitriles is 1. The first-order valence-electron chi connectivity index (χ1n) is 9.15. The third-order valence-corrected chi connectivity index (χ3v) is 5.84. The summed E-state index contributed by atoms with van der Waals surface area (Å²) in [7, 11) is 1.59. The lowest BCUT2D eigenvalue weighted by atomic mass is 10.1. The number of rotatable bonds is 4. The molecule has 0 atom stereocenters. The molecule has 0 saturated carbocycles. The molecule has 5 heteroatoms. The van der Waals surface area contributed by atoms with E-state index in [9.17, 15) is 5.26 Å². The van der Waals surface area contributed by atoms with Crippen molar-refractivity contribution in [3.63, 3.8) is 0 Å². The lowest BCUT2D eigenvalue weighted by molar-refractivity contribution is 0.414. The second-order valence-electron chi connectivity index (χ2n) is 6.86. The molecule has 3 nitrogen and oxygen atoms in total. The van der Waals surface area contributed by atoms with Crippen LogP contribution in [0.15, 0.2) is 60.7 Å². The molecule has 1 aromatic heterocycles. The highest BCUT2D eigenvalue weighted by Crippen LogP contribution is 2.37. The topological polar surface area (TPSA) is 37.9 Å². The summed E-state index contributed by atoms with van der Waals surface area (Å²) >= 11 is 13.1. The van der Waals surface area contributed by atoms with E-state index in [1.807, 2.05) is 49.4 Å². The van der Waals surface area contributed by atoms with E-state index in [-0.39, 0.29) is 0 Å². The molecule has 0 fully saturated rings. The van der Waals surface area contributed by atoms with Crippen LogP contribution in [0, 0.1) is 18.3 Å². The highest BCUT2D eigenvalue weighted by molar-refractivity contribution is 6.37. The van der Waals surface area contributed by atoms with Gasteiger partial charge >= 0.3 is 0 Å². The average Bonchev–Trinajstić information content (AvgIpc) is 3.10. The highest BCUT2D eigenvalue weighted by Gasteiger charge is 2.18. The third-order valence-electron chi connectivity index (χ3n) is 5.08. The van der Waals surface area contributed by atoms with Crippen molar-refractivity contribution in [2.45, 2.75) is 13.3 Å². The number of nitrogens with zero attached hydrogens (tertiary/aromatic N) is 2. The van der Waals surface area contributed by atoms with Gasteiger partial charge in [-0.1, -0.05) is 41.4 Å². The summed E-state index contributed by atoms with van der Waals surface area (Å²) in [5.41, 5.74) is 5.53. The summed E-state index contributed by atoms with van der Waals surface area (Å²) in [5, 5.41) is 11.6. The zero-order valence-corrected chi connectivity index (χ0v) is 17.6. The van der Waals surface area contributed by atoms with E-state index >= 15 is 0 Å². The number of fused-ring (bicyclic) bond motifs is 1. The van der Waals surface area contributed by atoms with Crippen LogP contribution in [0.2, 0.25) is 10.0 Å². The van der Waals surface area contributed by atoms with Gasteiger partial charge in [-0.05, 0) is 60.5 Å². The molecule has 0 bridgehead atoms. The van der Waals surface area contributed by atoms with E-state index in [0.29, 0.717) is 27.8 Å². The summed E-state index contributed by atoms with van der Waals surface area (Å²) in [5.74, 6) is 0.594. The predicted molar refractivity (Wildman–Crippen MR) is 119 cm³/mol. The summed E-state index contributed by atoms with van der Waals surface area (Å²) in [6.45, 7) is 2.02. The number of aromatic nitrogens is 1. The third kappa shape index (κ3) is 3.46. The Morgan fingerprint density at radius 1 is 1.03 bits per heavy atom. The van der Waals surface area contributed by atoms with E-state index < -0.39 is 0 Å². The molecule has 29 heavy (non-hydrogen) atoms. The normalized spacial score (nSPS) is 10.9. The second kappa shape index (κ2) is 7.83. The van der Waals surface area contributed by atoms with Gasteiger partial charge < -0.3 is 9.30 Å². The van der Waals surface area contributed by atoms with Crippen LogP contribution in [0.25, 0.3) is 16.6 Å². The number of methoxy groups -OCH3 is 1. The molecule has 0 aliphatic heterocycles. The van der Waals surface area contributed by atoms with E-state index in [2.05, 4.69) is 16.7 Å². The number of para-hydroxylation sites is 1. The lowest BCUT2D eigenvalue weighted by Gasteiger charge is -2.14. The Labute approximate surface area is 179 Å². The molecule has 144 valence electrons. The van der Waals surface area contributed by atoms with E-state index in [4.69, 9.17) is 27.9 Å². The Morgan fingerprint density at radius 3 is 2.48 bits per heavy atom. The molecule has 0 N–H and O–H groups in total. The smallest absolute Gasteiger partial charge is 0.137 e. The molecule has 0 saturated heterocycles. The first-order chi connectivity index (χ1) is 14.0. The molecular weight excluding hydrogens is 403 g/mol. The Balaban J connectivity index is 1.99. The maximum absolute atomic E-state index is 9.45. The van der Waals surface area contributed by atoms with Gasteiger partial charge in [-0.25, -0.2) is 0 Å². The Hall–Kier alpha value is -2.93. The average molecular weight is 421 g/mol. The molecule has 0 radical (unpaired) electrons. The van der Waals surface area contributed by atoms with E-state index in [1.54, 1.807) is 19.2 Å². The summed E-state index contributed by atoms with van der Waals surface area (Å²) in [4.78, 5) is 0. The van der Waals surface area contributed by atoms with Gasteiger partial charge in [0.1, 0.15) is 5.75 Å². The highest BCUT2D eigenvalue weighted by atomic mass is 35.5. The molecule has 1 heterocycles. The molecule has 4 aromatic rings. The monoisotopic (exact) mass is 420 g/mol. The maximum atomic E-state index is 9.45. The summed E-state index contributed by atoms with van der Waals surface area (Å²) in [6.07, 6.45) is 0.528. The fraction of sp³-hybridized carbons (Fsp3) is 0.125.